The number of hydrogen-bond donors (Lipinski definition) is 0. The van der Waals surface area contributed by atoms with Crippen molar-refractivity contribution >= 4 is 21.8 Å². The number of carbonyl (C=O) groups is 1. The van der Waals surface area contributed by atoms with E-state index < -0.39 is 0 Å². The van der Waals surface area contributed by atoms with E-state index >= 15 is 0 Å². The summed E-state index contributed by atoms with van der Waals surface area (Å²) in [5.41, 5.74) is 0.483. The summed E-state index contributed by atoms with van der Waals surface area (Å²) < 4.78 is 0.873. The third-order valence-electron chi connectivity index (χ3n) is 2.29. The Balaban J connectivity index is 2.99. The van der Waals surface area contributed by atoms with E-state index in [4.69, 9.17) is 0 Å². The largest absolute Gasteiger partial charge is 0.332 e. The molecule has 0 spiro atoms. The maximum absolute atomic E-state index is 12.2. The molecule has 0 unspecified atom stereocenters. The van der Waals surface area contributed by atoms with Crippen molar-refractivity contribution in [2.45, 2.75) is 39.8 Å². The monoisotopic (exact) mass is 284 g/mol. The van der Waals surface area contributed by atoms with E-state index in [1.54, 1.807) is 12.3 Å². The second-order valence-corrected chi connectivity index (χ2v) is 5.17. The third kappa shape index (κ3) is 3.04. The van der Waals surface area contributed by atoms with E-state index in [0.717, 1.165) is 4.47 Å². The fourth-order valence-corrected chi connectivity index (χ4v) is 2.05. The van der Waals surface area contributed by atoms with Crippen molar-refractivity contribution in [2.24, 2.45) is 0 Å². The predicted octanol–water partition coefficient (Wildman–Crippen LogP) is 3.10. The van der Waals surface area contributed by atoms with Gasteiger partial charge in [-0.3, -0.25) is 9.78 Å². The molecule has 0 aliphatic rings. The van der Waals surface area contributed by atoms with Crippen LogP contribution in [0.25, 0.3) is 0 Å². The lowest BCUT2D eigenvalue weighted by Gasteiger charge is -2.30. The van der Waals surface area contributed by atoms with Gasteiger partial charge in [0.15, 0.2) is 0 Å². The minimum absolute atomic E-state index is 0.0219. The normalized spacial score (nSPS) is 10.9. The molecule has 1 heterocycles. The lowest BCUT2D eigenvalue weighted by molar-refractivity contribution is 0.0637. The minimum atomic E-state index is -0.0219. The minimum Gasteiger partial charge on any atom is -0.332 e. The molecule has 0 saturated heterocycles. The Hall–Kier alpha value is -0.900. The molecule has 16 heavy (non-hydrogen) atoms. The molecule has 0 fully saturated rings. The molecule has 0 aliphatic carbocycles. The molecule has 0 atom stereocenters. The SMILES string of the molecule is CC(C)N(C(=O)c1cc(Br)ccn1)C(C)C. The van der Waals surface area contributed by atoms with E-state index in [9.17, 15) is 4.79 Å². The van der Waals surface area contributed by atoms with Gasteiger partial charge in [0, 0.05) is 22.8 Å². The highest BCUT2D eigenvalue weighted by Gasteiger charge is 2.22. The molecule has 3 nitrogen and oxygen atoms in total. The zero-order valence-electron chi connectivity index (χ0n) is 10.1. The summed E-state index contributed by atoms with van der Waals surface area (Å²) in [7, 11) is 0. The molecule has 1 amide bonds. The smallest absolute Gasteiger partial charge is 0.272 e. The maximum Gasteiger partial charge on any atom is 0.272 e. The van der Waals surface area contributed by atoms with Gasteiger partial charge >= 0.3 is 0 Å². The quantitative estimate of drug-likeness (QED) is 0.855. The Morgan fingerprint density at radius 2 is 1.88 bits per heavy atom. The molecular weight excluding hydrogens is 268 g/mol. The third-order valence-corrected chi connectivity index (χ3v) is 2.78. The van der Waals surface area contributed by atoms with E-state index in [2.05, 4.69) is 20.9 Å². The molecule has 1 aromatic rings. The zero-order chi connectivity index (χ0) is 12.3. The van der Waals surface area contributed by atoms with Crippen molar-refractivity contribution in [1.82, 2.24) is 9.88 Å². The number of hydrogen-bond acceptors (Lipinski definition) is 2. The van der Waals surface area contributed by atoms with E-state index in [1.807, 2.05) is 38.7 Å². The summed E-state index contributed by atoms with van der Waals surface area (Å²) in [6, 6.07) is 3.91. The number of carbonyl (C=O) groups excluding carboxylic acids is 1. The number of pyridine rings is 1. The van der Waals surface area contributed by atoms with Crippen LogP contribution in [0, 0.1) is 0 Å². The standard InChI is InChI=1S/C12H17BrN2O/c1-8(2)15(9(3)4)12(16)11-7-10(13)5-6-14-11/h5-9H,1-4H3. The van der Waals surface area contributed by atoms with Gasteiger partial charge in [0.25, 0.3) is 5.91 Å². The first-order valence-electron chi connectivity index (χ1n) is 5.37. The molecule has 0 aromatic carbocycles. The fourth-order valence-electron chi connectivity index (χ4n) is 1.72. The number of aromatic nitrogens is 1. The van der Waals surface area contributed by atoms with Gasteiger partial charge in [-0.2, -0.15) is 0 Å². The molecule has 0 saturated carbocycles. The predicted molar refractivity (Wildman–Crippen MR) is 68.4 cm³/mol. The van der Waals surface area contributed by atoms with Crippen LogP contribution in [-0.2, 0) is 0 Å². The van der Waals surface area contributed by atoms with Crippen molar-refractivity contribution in [3.63, 3.8) is 0 Å². The van der Waals surface area contributed by atoms with Crippen LogP contribution in [0.15, 0.2) is 22.8 Å². The van der Waals surface area contributed by atoms with Gasteiger partial charge in [-0.05, 0) is 39.8 Å². The van der Waals surface area contributed by atoms with E-state index in [0.29, 0.717) is 5.69 Å². The Kier molecular flexibility index (Phi) is 4.47. The molecular formula is C12H17BrN2O. The Labute approximate surface area is 105 Å². The van der Waals surface area contributed by atoms with Crippen LogP contribution in [0.3, 0.4) is 0 Å². The lowest BCUT2D eigenvalue weighted by atomic mass is 10.2. The fraction of sp³-hybridized carbons (Fsp3) is 0.500. The molecule has 0 N–H and O–H groups in total. The van der Waals surface area contributed by atoms with Gasteiger partial charge in [0.05, 0.1) is 0 Å². The molecule has 88 valence electrons. The first kappa shape index (κ1) is 13.2. The summed E-state index contributed by atoms with van der Waals surface area (Å²) in [6.45, 7) is 8.04. The van der Waals surface area contributed by atoms with Crippen LogP contribution in [0.4, 0.5) is 0 Å². The van der Waals surface area contributed by atoms with Crippen molar-refractivity contribution in [2.75, 3.05) is 0 Å². The van der Waals surface area contributed by atoms with Gasteiger partial charge in [0.1, 0.15) is 5.69 Å². The molecule has 0 radical (unpaired) electrons. The first-order chi connectivity index (χ1) is 7.43. The molecule has 0 bridgehead atoms. The highest BCUT2D eigenvalue weighted by Crippen LogP contribution is 2.14. The highest BCUT2D eigenvalue weighted by atomic mass is 79.9. The van der Waals surface area contributed by atoms with Crippen LogP contribution < -0.4 is 0 Å². The summed E-state index contributed by atoms with van der Waals surface area (Å²) >= 11 is 3.34. The van der Waals surface area contributed by atoms with Crippen LogP contribution >= 0.6 is 15.9 Å². The number of amides is 1. The topological polar surface area (TPSA) is 33.2 Å². The van der Waals surface area contributed by atoms with Gasteiger partial charge in [-0.15, -0.1) is 0 Å². The average Bonchev–Trinajstić information content (AvgIpc) is 2.16. The van der Waals surface area contributed by atoms with Crippen LogP contribution in [0.1, 0.15) is 38.2 Å². The summed E-state index contributed by atoms with van der Waals surface area (Å²) in [5.74, 6) is -0.0219. The summed E-state index contributed by atoms with van der Waals surface area (Å²) in [4.78, 5) is 18.2. The Morgan fingerprint density at radius 3 is 2.31 bits per heavy atom. The average molecular weight is 285 g/mol. The summed E-state index contributed by atoms with van der Waals surface area (Å²) in [6.07, 6.45) is 1.64. The van der Waals surface area contributed by atoms with Gasteiger partial charge in [0.2, 0.25) is 0 Å². The second kappa shape index (κ2) is 5.43. The van der Waals surface area contributed by atoms with Crippen molar-refractivity contribution < 1.29 is 4.79 Å². The number of rotatable bonds is 3. The van der Waals surface area contributed by atoms with Gasteiger partial charge < -0.3 is 4.90 Å². The van der Waals surface area contributed by atoms with Gasteiger partial charge in [-0.25, -0.2) is 0 Å². The Morgan fingerprint density at radius 1 is 1.31 bits per heavy atom. The lowest BCUT2D eigenvalue weighted by Crippen LogP contribution is -2.42. The molecule has 1 rings (SSSR count). The van der Waals surface area contributed by atoms with E-state index in [-0.39, 0.29) is 18.0 Å². The number of halogens is 1. The maximum atomic E-state index is 12.2. The van der Waals surface area contributed by atoms with Gasteiger partial charge in [-0.1, -0.05) is 15.9 Å². The van der Waals surface area contributed by atoms with E-state index in [1.165, 1.54) is 0 Å². The van der Waals surface area contributed by atoms with Crippen LogP contribution in [-0.4, -0.2) is 27.9 Å². The summed E-state index contributed by atoms with van der Waals surface area (Å²) in [5, 5.41) is 0. The van der Waals surface area contributed by atoms with Crippen molar-refractivity contribution in [3.05, 3.63) is 28.5 Å². The Bertz CT molecular complexity index is 369. The molecule has 0 aliphatic heterocycles. The van der Waals surface area contributed by atoms with Crippen molar-refractivity contribution in [3.8, 4) is 0 Å². The van der Waals surface area contributed by atoms with Crippen LogP contribution in [0.5, 0.6) is 0 Å². The zero-order valence-corrected chi connectivity index (χ0v) is 11.7. The number of nitrogens with zero attached hydrogens (tertiary/aromatic N) is 2. The second-order valence-electron chi connectivity index (χ2n) is 4.26. The molecule has 4 heteroatoms. The molecule has 1 aromatic heterocycles. The highest BCUT2D eigenvalue weighted by molar-refractivity contribution is 9.10. The van der Waals surface area contributed by atoms with Crippen LogP contribution in [0.2, 0.25) is 0 Å². The van der Waals surface area contributed by atoms with Crippen molar-refractivity contribution in [1.29, 1.82) is 0 Å². The first-order valence-corrected chi connectivity index (χ1v) is 6.17.